The molecular formula is C56H66N4O2Si. The number of rotatable bonds is 6. The van der Waals surface area contributed by atoms with Crippen LogP contribution in [-0.2, 0) is 30.1 Å². The molecule has 6 aromatic rings. The molecule has 2 heterocycles. The van der Waals surface area contributed by atoms with Gasteiger partial charge in [0, 0.05) is 63.5 Å². The van der Waals surface area contributed by atoms with E-state index in [1.807, 2.05) is 6.92 Å². The van der Waals surface area contributed by atoms with E-state index >= 15 is 0 Å². The Morgan fingerprint density at radius 2 is 1.11 bits per heavy atom. The summed E-state index contributed by atoms with van der Waals surface area (Å²) in [5, 5.41) is 32.1. The molecule has 7 heteroatoms. The SMILES string of the molecule is Cc1cc2c(cc1C#N)c(-c1cccc3c1CCCC3)cn2[C@@H]1CC[C@@H](O)C1.Cc1cc2c(cc1C#N)c(-c1cccc3c1CCCC3)cn2[C@@H]1CC[C@@H](O[Si](C)(C)C(C)(C)C)C1. The van der Waals surface area contributed by atoms with Crippen molar-refractivity contribution >= 4 is 30.1 Å². The first-order valence-electron chi connectivity index (χ1n) is 23.9. The summed E-state index contributed by atoms with van der Waals surface area (Å²) in [4.78, 5) is 0. The van der Waals surface area contributed by atoms with Crippen molar-refractivity contribution in [2.75, 3.05) is 0 Å². The highest BCUT2D eigenvalue weighted by Gasteiger charge is 2.41. The molecule has 4 atom stereocenters. The Bertz CT molecular complexity index is 2790. The second kappa shape index (κ2) is 17.2. The predicted octanol–water partition coefficient (Wildman–Crippen LogP) is 13.9. The molecule has 0 aliphatic heterocycles. The summed E-state index contributed by atoms with van der Waals surface area (Å²) in [6.07, 6.45) is 20.6. The third-order valence-electron chi connectivity index (χ3n) is 15.8. The standard InChI is InChI=1S/C31H40N2OSi.C25H26N2O/c1-21-16-30-28(17-23(21)19-32)29(27-13-9-11-22-10-7-8-12-26(22)27)20-33(30)24-14-15-25(18-24)34-35(5,6)31(2,3)4;1-16-11-25-23(12-18(16)14-26)24(15-27(25)19-9-10-20(28)13-19)22-8-4-6-17-5-2-3-7-21(17)22/h9,11,13,16-17,20,24-25H,7-8,10,12,14-15,18H2,1-6H3;4,6,8,11-12,15,19-20,28H,2-3,5,7,9-10,13H2,1H3/t24-,25-;19-,20-/m11/s1. The summed E-state index contributed by atoms with van der Waals surface area (Å²) < 4.78 is 11.7. The average Bonchev–Trinajstić information content (AvgIpc) is 4.07. The van der Waals surface area contributed by atoms with Crippen LogP contribution in [0.3, 0.4) is 0 Å². The van der Waals surface area contributed by atoms with Gasteiger partial charge >= 0.3 is 0 Å². The topological polar surface area (TPSA) is 86.9 Å². The quantitative estimate of drug-likeness (QED) is 0.169. The van der Waals surface area contributed by atoms with E-state index in [4.69, 9.17) is 4.43 Å². The Morgan fingerprint density at radius 1 is 0.635 bits per heavy atom. The van der Waals surface area contributed by atoms with Crippen molar-refractivity contribution in [3.63, 3.8) is 0 Å². The molecule has 0 amide bonds. The molecule has 2 saturated carbocycles. The van der Waals surface area contributed by atoms with E-state index in [0.29, 0.717) is 18.2 Å². The van der Waals surface area contributed by atoms with E-state index in [1.54, 1.807) is 0 Å². The molecule has 10 rings (SSSR count). The number of hydrogen-bond acceptors (Lipinski definition) is 4. The van der Waals surface area contributed by atoms with Crippen LogP contribution in [0.25, 0.3) is 44.1 Å². The number of aryl methyl sites for hydroxylation is 4. The van der Waals surface area contributed by atoms with Crippen molar-refractivity contribution < 1.29 is 9.53 Å². The van der Waals surface area contributed by atoms with E-state index in [-0.39, 0.29) is 11.1 Å². The molecule has 6 nitrogen and oxygen atoms in total. The van der Waals surface area contributed by atoms with E-state index in [9.17, 15) is 15.6 Å². The smallest absolute Gasteiger partial charge is 0.192 e. The maximum atomic E-state index is 10.1. The van der Waals surface area contributed by atoms with Crippen LogP contribution >= 0.6 is 0 Å². The summed E-state index contributed by atoms with van der Waals surface area (Å²) in [7, 11) is -1.78. The van der Waals surface area contributed by atoms with Gasteiger partial charge in [-0.3, -0.25) is 0 Å². The van der Waals surface area contributed by atoms with Gasteiger partial charge in [0.15, 0.2) is 8.32 Å². The summed E-state index contributed by atoms with van der Waals surface area (Å²) in [6.45, 7) is 15.8. The fourth-order valence-corrected chi connectivity index (χ4v) is 12.6. The largest absolute Gasteiger partial charge is 0.414 e. The third kappa shape index (κ3) is 8.23. The van der Waals surface area contributed by atoms with Gasteiger partial charge in [-0.2, -0.15) is 10.5 Å². The molecule has 4 aromatic carbocycles. The predicted molar refractivity (Wildman–Crippen MR) is 261 cm³/mol. The van der Waals surface area contributed by atoms with Gasteiger partial charge in [-0.25, -0.2) is 0 Å². The van der Waals surface area contributed by atoms with Gasteiger partial charge in [0.1, 0.15) is 0 Å². The summed E-state index contributed by atoms with van der Waals surface area (Å²) in [6, 6.07) is 27.7. The van der Waals surface area contributed by atoms with Gasteiger partial charge in [-0.15, -0.1) is 0 Å². The number of aliphatic hydroxyl groups is 1. The highest BCUT2D eigenvalue weighted by molar-refractivity contribution is 6.74. The van der Waals surface area contributed by atoms with Crippen LogP contribution in [0.1, 0.15) is 142 Å². The number of benzene rings is 4. The second-order valence-electron chi connectivity index (χ2n) is 20.9. The van der Waals surface area contributed by atoms with Crippen LogP contribution in [0.4, 0.5) is 0 Å². The van der Waals surface area contributed by atoms with E-state index in [1.165, 1.54) is 105 Å². The van der Waals surface area contributed by atoms with Gasteiger partial charge in [-0.1, -0.05) is 57.2 Å². The maximum absolute atomic E-state index is 10.1. The lowest BCUT2D eigenvalue weighted by Crippen LogP contribution is -2.43. The van der Waals surface area contributed by atoms with Crippen molar-refractivity contribution in [2.24, 2.45) is 0 Å². The molecule has 0 spiro atoms. The zero-order valence-electron chi connectivity index (χ0n) is 38.8. The average molecular weight is 855 g/mol. The molecule has 0 bridgehead atoms. The Hall–Kier alpha value is -4.92. The van der Waals surface area contributed by atoms with Crippen molar-refractivity contribution in [1.29, 1.82) is 10.5 Å². The molecule has 0 saturated heterocycles. The molecule has 4 aliphatic carbocycles. The molecule has 1 N–H and O–H groups in total. The molecule has 326 valence electrons. The van der Waals surface area contributed by atoms with Crippen molar-refractivity contribution in [3.05, 3.63) is 118 Å². The minimum Gasteiger partial charge on any atom is -0.414 e. The molecule has 4 aliphatic rings. The first-order valence-corrected chi connectivity index (χ1v) is 26.8. The molecule has 0 radical (unpaired) electrons. The van der Waals surface area contributed by atoms with Crippen LogP contribution in [0.5, 0.6) is 0 Å². The summed E-state index contributed by atoms with van der Waals surface area (Å²) in [5.74, 6) is 0. The number of hydrogen-bond donors (Lipinski definition) is 1. The maximum Gasteiger partial charge on any atom is 0.192 e. The number of fused-ring (bicyclic) bond motifs is 4. The fraction of sp³-hybridized carbons (Fsp3) is 0.464. The van der Waals surface area contributed by atoms with Crippen molar-refractivity contribution in [3.8, 4) is 34.4 Å². The van der Waals surface area contributed by atoms with E-state index in [2.05, 4.69) is 135 Å². The number of nitriles is 2. The van der Waals surface area contributed by atoms with Gasteiger partial charge in [0.2, 0.25) is 0 Å². The first kappa shape index (κ1) is 43.3. The van der Waals surface area contributed by atoms with E-state index < -0.39 is 8.32 Å². The molecule has 0 unspecified atom stereocenters. The molecule has 2 fully saturated rings. The minimum atomic E-state index is -1.78. The Labute approximate surface area is 376 Å². The van der Waals surface area contributed by atoms with Crippen LogP contribution in [0.15, 0.2) is 73.1 Å². The van der Waals surface area contributed by atoms with Crippen molar-refractivity contribution in [2.45, 2.75) is 167 Å². The van der Waals surface area contributed by atoms with Crippen molar-refractivity contribution in [1.82, 2.24) is 9.13 Å². The summed E-state index contributed by atoms with van der Waals surface area (Å²) >= 11 is 0. The monoisotopic (exact) mass is 854 g/mol. The normalized spacial score (nSPS) is 21.1. The minimum absolute atomic E-state index is 0.199. The number of nitrogens with zero attached hydrogens (tertiary/aromatic N) is 4. The molecular weight excluding hydrogens is 789 g/mol. The zero-order chi connectivity index (χ0) is 44.2. The van der Waals surface area contributed by atoms with Crippen LogP contribution in [0, 0.1) is 36.5 Å². The fourth-order valence-electron chi connectivity index (χ4n) is 11.2. The highest BCUT2D eigenvalue weighted by Crippen LogP contribution is 2.46. The lowest BCUT2D eigenvalue weighted by atomic mass is 9.86. The van der Waals surface area contributed by atoms with Gasteiger partial charge in [0.25, 0.3) is 0 Å². The second-order valence-corrected chi connectivity index (χ2v) is 25.6. The molecule has 63 heavy (non-hydrogen) atoms. The van der Waals surface area contributed by atoms with Gasteiger partial charge < -0.3 is 18.7 Å². The number of aromatic nitrogens is 2. The summed E-state index contributed by atoms with van der Waals surface area (Å²) in [5.41, 5.74) is 17.3. The lowest BCUT2D eigenvalue weighted by molar-refractivity contribution is 0.178. The first-order chi connectivity index (χ1) is 30.2. The lowest BCUT2D eigenvalue weighted by Gasteiger charge is -2.38. The molecule has 2 aromatic heterocycles. The van der Waals surface area contributed by atoms with E-state index in [0.717, 1.165) is 73.6 Å². The zero-order valence-corrected chi connectivity index (χ0v) is 39.8. The van der Waals surface area contributed by atoms with Gasteiger partial charge in [-0.05, 0) is 191 Å². The Morgan fingerprint density at radius 3 is 1.57 bits per heavy atom. The highest BCUT2D eigenvalue weighted by atomic mass is 28.4. The van der Waals surface area contributed by atoms with Crippen LogP contribution in [-0.4, -0.2) is 34.8 Å². The van der Waals surface area contributed by atoms with Crippen LogP contribution in [0.2, 0.25) is 18.1 Å². The Kier molecular flexibility index (Phi) is 11.8. The Balaban J connectivity index is 0.000000164. The third-order valence-corrected chi connectivity index (χ3v) is 20.3. The van der Waals surface area contributed by atoms with Crippen LogP contribution < -0.4 is 0 Å². The van der Waals surface area contributed by atoms with Gasteiger partial charge in [0.05, 0.1) is 29.4 Å². The number of aliphatic hydroxyl groups excluding tert-OH is 1.